The summed E-state index contributed by atoms with van der Waals surface area (Å²) in [6, 6.07) is 0. The van der Waals surface area contributed by atoms with E-state index >= 15 is 0 Å². The van der Waals surface area contributed by atoms with Crippen LogP contribution < -0.4 is 16.4 Å². The van der Waals surface area contributed by atoms with Gasteiger partial charge in [-0.25, -0.2) is 0 Å². The van der Waals surface area contributed by atoms with Gasteiger partial charge in [0, 0.05) is 12.1 Å². The predicted octanol–water partition coefficient (Wildman–Crippen LogP) is 5.49. The Hall–Kier alpha value is -1.59. The van der Waals surface area contributed by atoms with Crippen molar-refractivity contribution in [3.8, 4) is 0 Å². The molecule has 27 heavy (non-hydrogen) atoms. The summed E-state index contributed by atoms with van der Waals surface area (Å²) in [6.07, 6.45) is 6.79. The predicted molar refractivity (Wildman–Crippen MR) is 117 cm³/mol. The average Bonchev–Trinajstić information content (AvgIpc) is 2.58. The van der Waals surface area contributed by atoms with Crippen molar-refractivity contribution in [2.45, 2.75) is 99.5 Å². The fraction of sp³-hybridized carbons (Fsp3) is 0.857. The van der Waals surface area contributed by atoms with Gasteiger partial charge in [-0.2, -0.15) is 15.0 Å². The molecular weight excluding hydrogens is 336 g/mol. The Morgan fingerprint density at radius 1 is 0.852 bits per heavy atom. The molecule has 6 heteroatoms. The summed E-state index contributed by atoms with van der Waals surface area (Å²) < 4.78 is 0. The van der Waals surface area contributed by atoms with Crippen LogP contribution in [0.2, 0.25) is 0 Å². The molecule has 1 unspecified atom stereocenters. The Bertz CT molecular complexity index is 584. The van der Waals surface area contributed by atoms with Crippen molar-refractivity contribution >= 4 is 17.8 Å². The first-order valence-electron chi connectivity index (χ1n) is 10.5. The second-order valence-corrected chi connectivity index (χ2v) is 9.41. The lowest BCUT2D eigenvalue weighted by atomic mass is 9.69. The maximum Gasteiger partial charge on any atom is 0.229 e. The van der Waals surface area contributed by atoms with Crippen molar-refractivity contribution < 1.29 is 0 Å². The van der Waals surface area contributed by atoms with E-state index in [-0.39, 0.29) is 22.3 Å². The number of nitrogens with one attached hydrogen (secondary N) is 2. The van der Waals surface area contributed by atoms with E-state index in [0.29, 0.717) is 11.9 Å². The molecule has 1 heterocycles. The SMILES string of the molecule is CCCCC(C)(C)CNc1nc(N)nc(NC(C)(CCC)C(C)(C)CC)n1. The molecule has 0 bridgehead atoms. The van der Waals surface area contributed by atoms with Crippen LogP contribution in [0.3, 0.4) is 0 Å². The average molecular weight is 379 g/mol. The van der Waals surface area contributed by atoms with E-state index in [9.17, 15) is 0 Å². The van der Waals surface area contributed by atoms with Crippen LogP contribution in [-0.4, -0.2) is 27.0 Å². The van der Waals surface area contributed by atoms with Gasteiger partial charge in [-0.1, -0.05) is 67.7 Å². The van der Waals surface area contributed by atoms with E-state index in [4.69, 9.17) is 5.73 Å². The van der Waals surface area contributed by atoms with Gasteiger partial charge in [0.25, 0.3) is 0 Å². The van der Waals surface area contributed by atoms with Gasteiger partial charge in [-0.3, -0.25) is 0 Å². The molecule has 0 aliphatic heterocycles. The van der Waals surface area contributed by atoms with Crippen LogP contribution in [0.5, 0.6) is 0 Å². The molecule has 0 spiro atoms. The van der Waals surface area contributed by atoms with Crippen LogP contribution >= 0.6 is 0 Å². The highest BCUT2D eigenvalue weighted by Crippen LogP contribution is 2.39. The molecule has 0 saturated heterocycles. The molecular formula is C21H42N6. The number of nitrogen functional groups attached to an aromatic ring is 1. The highest BCUT2D eigenvalue weighted by Gasteiger charge is 2.39. The third-order valence-electron chi connectivity index (χ3n) is 6.10. The standard InChI is InChI=1S/C21H42N6/c1-9-12-14-19(4,5)15-23-17-24-16(22)25-18(26-17)27-21(8,13-10-2)20(6,7)11-3/h9-15H2,1-8H3,(H4,22,23,24,25,26,27). The second kappa shape index (κ2) is 9.56. The van der Waals surface area contributed by atoms with Crippen LogP contribution in [-0.2, 0) is 0 Å². The first-order chi connectivity index (χ1) is 12.5. The molecule has 6 nitrogen and oxygen atoms in total. The molecule has 0 aliphatic carbocycles. The van der Waals surface area contributed by atoms with Gasteiger partial charge in [-0.05, 0) is 37.0 Å². The first kappa shape index (κ1) is 23.4. The molecule has 1 aromatic heterocycles. The lowest BCUT2D eigenvalue weighted by molar-refractivity contribution is 0.183. The lowest BCUT2D eigenvalue weighted by Crippen LogP contribution is -2.48. The van der Waals surface area contributed by atoms with Crippen molar-refractivity contribution in [1.29, 1.82) is 0 Å². The van der Waals surface area contributed by atoms with Gasteiger partial charge in [0.1, 0.15) is 0 Å². The van der Waals surface area contributed by atoms with Crippen molar-refractivity contribution in [3.63, 3.8) is 0 Å². The number of hydrogen-bond acceptors (Lipinski definition) is 6. The summed E-state index contributed by atoms with van der Waals surface area (Å²) >= 11 is 0. The smallest absolute Gasteiger partial charge is 0.229 e. The molecule has 0 aromatic carbocycles. The molecule has 1 rings (SSSR count). The van der Waals surface area contributed by atoms with Gasteiger partial charge in [0.05, 0.1) is 0 Å². The van der Waals surface area contributed by atoms with Crippen molar-refractivity contribution in [3.05, 3.63) is 0 Å². The molecule has 0 radical (unpaired) electrons. The molecule has 156 valence electrons. The summed E-state index contributed by atoms with van der Waals surface area (Å²) in [5.41, 5.74) is 6.13. The number of anilines is 3. The summed E-state index contributed by atoms with van der Waals surface area (Å²) in [7, 11) is 0. The van der Waals surface area contributed by atoms with Crippen molar-refractivity contribution in [1.82, 2.24) is 15.0 Å². The summed E-state index contributed by atoms with van der Waals surface area (Å²) in [6.45, 7) is 18.8. The maximum absolute atomic E-state index is 5.97. The Morgan fingerprint density at radius 2 is 1.48 bits per heavy atom. The van der Waals surface area contributed by atoms with Gasteiger partial charge in [0.2, 0.25) is 17.8 Å². The van der Waals surface area contributed by atoms with Gasteiger partial charge >= 0.3 is 0 Å². The van der Waals surface area contributed by atoms with Crippen LogP contribution in [0, 0.1) is 10.8 Å². The van der Waals surface area contributed by atoms with Gasteiger partial charge in [0.15, 0.2) is 0 Å². The minimum atomic E-state index is -0.123. The van der Waals surface area contributed by atoms with Crippen molar-refractivity contribution in [2.75, 3.05) is 22.9 Å². The van der Waals surface area contributed by atoms with E-state index in [1.54, 1.807) is 0 Å². The summed E-state index contributed by atoms with van der Waals surface area (Å²) in [4.78, 5) is 13.2. The molecule has 0 fully saturated rings. The van der Waals surface area contributed by atoms with Gasteiger partial charge < -0.3 is 16.4 Å². The van der Waals surface area contributed by atoms with Crippen LogP contribution in [0.25, 0.3) is 0 Å². The van der Waals surface area contributed by atoms with Crippen LogP contribution in [0.1, 0.15) is 93.9 Å². The van der Waals surface area contributed by atoms with E-state index in [1.165, 1.54) is 19.3 Å². The number of nitrogens with two attached hydrogens (primary N) is 1. The fourth-order valence-electron chi connectivity index (χ4n) is 3.30. The monoisotopic (exact) mass is 378 g/mol. The zero-order valence-corrected chi connectivity index (χ0v) is 18.9. The number of rotatable bonds is 12. The molecule has 0 aliphatic rings. The highest BCUT2D eigenvalue weighted by atomic mass is 15.3. The molecule has 1 atom stereocenters. The Labute approximate surface area is 166 Å². The third kappa shape index (κ3) is 6.82. The number of hydrogen-bond donors (Lipinski definition) is 3. The lowest BCUT2D eigenvalue weighted by Gasteiger charge is -2.44. The minimum Gasteiger partial charge on any atom is -0.368 e. The van der Waals surface area contributed by atoms with Crippen molar-refractivity contribution in [2.24, 2.45) is 10.8 Å². The largest absolute Gasteiger partial charge is 0.368 e. The Morgan fingerprint density at radius 3 is 2.04 bits per heavy atom. The zero-order valence-electron chi connectivity index (χ0n) is 18.9. The normalized spacial score (nSPS) is 14.7. The van der Waals surface area contributed by atoms with E-state index in [2.05, 4.69) is 81.0 Å². The van der Waals surface area contributed by atoms with E-state index in [0.717, 1.165) is 25.8 Å². The quantitative estimate of drug-likeness (QED) is 0.446. The minimum absolute atomic E-state index is 0.0974. The maximum atomic E-state index is 5.97. The third-order valence-corrected chi connectivity index (χ3v) is 6.10. The van der Waals surface area contributed by atoms with E-state index < -0.39 is 0 Å². The molecule has 1 aromatic rings. The number of nitrogens with zero attached hydrogens (tertiary/aromatic N) is 3. The Balaban J connectivity index is 2.97. The van der Waals surface area contributed by atoms with Gasteiger partial charge in [-0.15, -0.1) is 0 Å². The topological polar surface area (TPSA) is 88.8 Å². The van der Waals surface area contributed by atoms with Crippen LogP contribution in [0.4, 0.5) is 17.8 Å². The summed E-state index contributed by atoms with van der Waals surface area (Å²) in [5, 5.41) is 6.94. The Kier molecular flexibility index (Phi) is 8.30. The molecule has 0 saturated carbocycles. The van der Waals surface area contributed by atoms with Crippen LogP contribution in [0.15, 0.2) is 0 Å². The highest BCUT2D eigenvalue weighted by molar-refractivity contribution is 5.42. The summed E-state index contributed by atoms with van der Waals surface area (Å²) in [5.74, 6) is 1.34. The van der Waals surface area contributed by atoms with E-state index in [1.807, 2.05) is 0 Å². The number of unbranched alkanes of at least 4 members (excludes halogenated alkanes) is 1. The fourth-order valence-corrected chi connectivity index (χ4v) is 3.30. The zero-order chi connectivity index (χ0) is 20.7. The molecule has 4 N–H and O–H groups in total. The number of aromatic nitrogens is 3. The molecule has 0 amide bonds. The second-order valence-electron chi connectivity index (χ2n) is 9.41. The first-order valence-corrected chi connectivity index (χ1v) is 10.5.